The van der Waals surface area contributed by atoms with Crippen LogP contribution in [0.4, 0.5) is 17.1 Å². The molecule has 3 nitrogen and oxygen atoms in total. The average molecular weight is 728 g/mol. The fraction of sp³-hybridized carbons (Fsp3) is 0. The summed E-state index contributed by atoms with van der Waals surface area (Å²) in [6.45, 7) is 0. The molecule has 266 valence electrons. The van der Waals surface area contributed by atoms with Crippen LogP contribution in [-0.4, -0.2) is 0 Å². The third kappa shape index (κ3) is 4.92. The number of hydrogen-bond donors (Lipinski definition) is 0. The van der Waals surface area contributed by atoms with E-state index in [-0.39, 0.29) is 0 Å². The van der Waals surface area contributed by atoms with E-state index in [1.54, 1.807) is 0 Å². The van der Waals surface area contributed by atoms with Crippen LogP contribution >= 0.6 is 0 Å². The van der Waals surface area contributed by atoms with Gasteiger partial charge in [0.25, 0.3) is 0 Å². The molecule has 2 heterocycles. The van der Waals surface area contributed by atoms with Crippen molar-refractivity contribution >= 4 is 82.5 Å². The Bertz CT molecular complexity index is 3430. The van der Waals surface area contributed by atoms with Crippen molar-refractivity contribution in [2.75, 3.05) is 4.90 Å². The van der Waals surface area contributed by atoms with Crippen molar-refractivity contribution < 1.29 is 8.83 Å². The monoisotopic (exact) mass is 727 g/mol. The molecule has 0 aliphatic carbocycles. The maximum absolute atomic E-state index is 6.71. The first-order chi connectivity index (χ1) is 28.3. The van der Waals surface area contributed by atoms with Gasteiger partial charge in [-0.05, 0) is 98.4 Å². The summed E-state index contributed by atoms with van der Waals surface area (Å²) < 4.78 is 13.1. The summed E-state index contributed by atoms with van der Waals surface area (Å²) in [4.78, 5) is 2.32. The van der Waals surface area contributed by atoms with Crippen molar-refractivity contribution in [1.82, 2.24) is 0 Å². The summed E-state index contributed by atoms with van der Waals surface area (Å²) in [5.41, 5.74) is 13.6. The molecule has 2 aromatic heterocycles. The molecule has 0 atom stereocenters. The zero-order chi connectivity index (χ0) is 37.5. The number of fused-ring (bicyclic) bond motifs is 6. The molecule has 0 aliphatic heterocycles. The molecule has 0 N–H and O–H groups in total. The molecule has 0 fully saturated rings. The van der Waals surface area contributed by atoms with Crippen LogP contribution in [0.3, 0.4) is 0 Å². The molecule has 0 amide bonds. The normalized spacial score (nSPS) is 11.9. The lowest BCUT2D eigenvalue weighted by molar-refractivity contribution is 0.670. The second-order valence-corrected chi connectivity index (χ2v) is 14.8. The Hall–Kier alpha value is -7.62. The minimum Gasteiger partial charge on any atom is -0.455 e. The lowest BCUT2D eigenvalue weighted by Gasteiger charge is -2.26. The lowest BCUT2D eigenvalue weighted by atomic mass is 9.92. The third-order valence-corrected chi connectivity index (χ3v) is 11.7. The topological polar surface area (TPSA) is 29.5 Å². The van der Waals surface area contributed by atoms with Crippen LogP contribution in [0.5, 0.6) is 0 Å². The van der Waals surface area contributed by atoms with E-state index >= 15 is 0 Å². The number of para-hydroxylation sites is 2. The summed E-state index contributed by atoms with van der Waals surface area (Å²) in [5, 5.41) is 9.62. The molecule has 0 unspecified atom stereocenters. The van der Waals surface area contributed by atoms with Gasteiger partial charge in [-0.25, -0.2) is 0 Å². The Morgan fingerprint density at radius 1 is 0.263 bits per heavy atom. The van der Waals surface area contributed by atoms with Gasteiger partial charge in [0.15, 0.2) is 0 Å². The highest BCUT2D eigenvalue weighted by atomic mass is 16.3. The Morgan fingerprint density at radius 3 is 1.42 bits per heavy atom. The zero-order valence-electron chi connectivity index (χ0n) is 30.8. The van der Waals surface area contributed by atoms with Gasteiger partial charge in [-0.2, -0.15) is 0 Å². The number of rotatable bonds is 6. The van der Waals surface area contributed by atoms with Crippen molar-refractivity contribution in [3.63, 3.8) is 0 Å². The van der Waals surface area contributed by atoms with Crippen molar-refractivity contribution in [2.24, 2.45) is 0 Å². The molecule has 0 bridgehead atoms. The predicted octanol–water partition coefficient (Wildman–Crippen LogP) is 15.7. The van der Waals surface area contributed by atoms with Gasteiger partial charge in [0, 0.05) is 49.7 Å². The van der Waals surface area contributed by atoms with Crippen LogP contribution in [0.2, 0.25) is 0 Å². The second kappa shape index (κ2) is 12.5. The summed E-state index contributed by atoms with van der Waals surface area (Å²) >= 11 is 0. The van der Waals surface area contributed by atoms with Crippen molar-refractivity contribution in [3.8, 4) is 33.4 Å². The Kier molecular flexibility index (Phi) is 6.93. The van der Waals surface area contributed by atoms with Gasteiger partial charge in [0.2, 0.25) is 0 Å². The number of nitrogens with zero attached hydrogens (tertiary/aromatic N) is 1. The van der Waals surface area contributed by atoms with Gasteiger partial charge in [-0.3, -0.25) is 0 Å². The molecule has 0 saturated heterocycles. The second-order valence-electron chi connectivity index (χ2n) is 14.8. The van der Waals surface area contributed by atoms with E-state index in [9.17, 15) is 0 Å². The quantitative estimate of drug-likeness (QED) is 0.160. The molecule has 57 heavy (non-hydrogen) atoms. The molecule has 3 heteroatoms. The van der Waals surface area contributed by atoms with E-state index in [0.29, 0.717) is 0 Å². The smallest absolute Gasteiger partial charge is 0.143 e. The van der Waals surface area contributed by atoms with Crippen LogP contribution in [-0.2, 0) is 0 Å². The van der Waals surface area contributed by atoms with Gasteiger partial charge in [0.05, 0.1) is 0 Å². The van der Waals surface area contributed by atoms with Gasteiger partial charge in [-0.15, -0.1) is 0 Å². The molecular formula is C54H33NO2. The van der Waals surface area contributed by atoms with E-state index in [4.69, 9.17) is 8.83 Å². The Balaban J connectivity index is 0.966. The van der Waals surface area contributed by atoms with Crippen LogP contribution in [0, 0.1) is 0 Å². The standard InChI is InChI=1S/C54H33NO2/c1-2-10-34(11-3-1)35-20-26-38(27-21-35)55(39-28-22-36(23-29-39)41-15-8-17-48-45-14-6-7-18-49(45)56-53(41)48)40-30-24-37(25-31-40)42-32-33-47-44-13-5-4-12-43(44)46-16-9-19-50-51(46)52(47)54(42)57-50/h1-33H. The maximum Gasteiger partial charge on any atom is 0.143 e. The van der Waals surface area contributed by atoms with Crippen molar-refractivity contribution in [1.29, 1.82) is 0 Å². The summed E-state index contributed by atoms with van der Waals surface area (Å²) in [6, 6.07) is 71.3. The minimum absolute atomic E-state index is 0.903. The van der Waals surface area contributed by atoms with E-state index in [2.05, 4.69) is 193 Å². The fourth-order valence-corrected chi connectivity index (χ4v) is 8.99. The SMILES string of the molecule is c1ccc(-c2ccc(N(c3ccc(-c4cccc5c4oc4ccccc45)cc3)c3ccc(-c4ccc5c6ccccc6c6cccc7oc4c5c76)cc3)cc2)cc1. The molecule has 0 aliphatic rings. The first kappa shape index (κ1) is 31.7. The fourth-order valence-electron chi connectivity index (χ4n) is 8.99. The van der Waals surface area contributed by atoms with E-state index < -0.39 is 0 Å². The number of hydrogen-bond acceptors (Lipinski definition) is 3. The van der Waals surface area contributed by atoms with Gasteiger partial charge >= 0.3 is 0 Å². The molecule has 0 spiro atoms. The Morgan fingerprint density at radius 2 is 0.737 bits per heavy atom. The Labute approximate surface area is 328 Å². The van der Waals surface area contributed by atoms with Gasteiger partial charge < -0.3 is 13.7 Å². The molecule has 0 radical (unpaired) electrons. The number of benzene rings is 10. The number of furan rings is 2. The summed E-state index contributed by atoms with van der Waals surface area (Å²) in [5.74, 6) is 0. The van der Waals surface area contributed by atoms with Crippen molar-refractivity contribution in [3.05, 3.63) is 200 Å². The van der Waals surface area contributed by atoms with Crippen LogP contribution in [0.25, 0.3) is 98.8 Å². The molecule has 10 aromatic carbocycles. The minimum atomic E-state index is 0.903. The molecule has 0 saturated carbocycles. The summed E-state index contributed by atoms with van der Waals surface area (Å²) in [6.07, 6.45) is 0. The highest BCUT2D eigenvalue weighted by molar-refractivity contribution is 6.34. The lowest BCUT2D eigenvalue weighted by Crippen LogP contribution is -2.09. The highest BCUT2D eigenvalue weighted by Gasteiger charge is 2.21. The molecule has 12 aromatic rings. The van der Waals surface area contributed by atoms with Crippen molar-refractivity contribution in [2.45, 2.75) is 0 Å². The first-order valence-electron chi connectivity index (χ1n) is 19.4. The summed E-state index contributed by atoms with van der Waals surface area (Å²) in [7, 11) is 0. The number of anilines is 3. The van der Waals surface area contributed by atoms with Gasteiger partial charge in [0.1, 0.15) is 22.3 Å². The molecular weight excluding hydrogens is 695 g/mol. The zero-order valence-corrected chi connectivity index (χ0v) is 30.8. The predicted molar refractivity (Wildman–Crippen MR) is 238 cm³/mol. The maximum atomic E-state index is 6.71. The van der Waals surface area contributed by atoms with Gasteiger partial charge in [-0.1, -0.05) is 146 Å². The first-order valence-corrected chi connectivity index (χ1v) is 19.4. The highest BCUT2D eigenvalue weighted by Crippen LogP contribution is 2.46. The van der Waals surface area contributed by atoms with Crippen LogP contribution < -0.4 is 4.90 Å². The average Bonchev–Trinajstić information content (AvgIpc) is 3.87. The van der Waals surface area contributed by atoms with E-state index in [0.717, 1.165) is 72.4 Å². The van der Waals surface area contributed by atoms with E-state index in [1.165, 1.54) is 43.4 Å². The molecule has 12 rings (SSSR count). The largest absolute Gasteiger partial charge is 0.455 e. The van der Waals surface area contributed by atoms with E-state index in [1.807, 2.05) is 12.1 Å². The third-order valence-electron chi connectivity index (χ3n) is 11.7. The van der Waals surface area contributed by atoms with Crippen LogP contribution in [0.1, 0.15) is 0 Å². The van der Waals surface area contributed by atoms with Crippen LogP contribution in [0.15, 0.2) is 209 Å².